The van der Waals surface area contributed by atoms with Crippen LogP contribution in [0.5, 0.6) is 0 Å². The van der Waals surface area contributed by atoms with E-state index in [-0.39, 0.29) is 5.78 Å². The van der Waals surface area contributed by atoms with Crippen molar-refractivity contribution in [2.45, 2.75) is 0 Å². The number of ketones is 1. The molecule has 20 heavy (non-hydrogen) atoms. The maximum absolute atomic E-state index is 12.2. The van der Waals surface area contributed by atoms with Gasteiger partial charge in [-0.25, -0.2) is 0 Å². The SMILES string of the molecule is Cn1ccc(C(=O)c2ccc(-c3ccccc3)cc2)n1. The predicted molar refractivity (Wildman–Crippen MR) is 78.5 cm³/mol. The summed E-state index contributed by atoms with van der Waals surface area (Å²) in [5, 5.41) is 4.13. The summed E-state index contributed by atoms with van der Waals surface area (Å²) in [4.78, 5) is 12.2. The van der Waals surface area contributed by atoms with Crippen molar-refractivity contribution in [2.24, 2.45) is 7.05 Å². The highest BCUT2D eigenvalue weighted by molar-refractivity contribution is 6.07. The van der Waals surface area contributed by atoms with E-state index in [9.17, 15) is 4.79 Å². The van der Waals surface area contributed by atoms with E-state index in [0.717, 1.165) is 11.1 Å². The molecule has 3 aromatic rings. The molecule has 3 nitrogen and oxygen atoms in total. The number of nitrogens with zero attached hydrogens (tertiary/aromatic N) is 2. The second-order valence-corrected chi connectivity index (χ2v) is 4.65. The third-order valence-corrected chi connectivity index (χ3v) is 3.20. The summed E-state index contributed by atoms with van der Waals surface area (Å²) in [5.74, 6) is -0.0507. The minimum Gasteiger partial charge on any atom is -0.287 e. The van der Waals surface area contributed by atoms with Crippen molar-refractivity contribution in [3.63, 3.8) is 0 Å². The maximum atomic E-state index is 12.2. The van der Waals surface area contributed by atoms with Gasteiger partial charge in [0, 0.05) is 18.8 Å². The number of rotatable bonds is 3. The van der Waals surface area contributed by atoms with E-state index in [1.807, 2.05) is 42.5 Å². The van der Waals surface area contributed by atoms with Gasteiger partial charge in [0.05, 0.1) is 0 Å². The molecule has 3 rings (SSSR count). The fourth-order valence-electron chi connectivity index (χ4n) is 2.13. The van der Waals surface area contributed by atoms with Gasteiger partial charge in [-0.05, 0) is 17.2 Å². The first-order valence-corrected chi connectivity index (χ1v) is 6.44. The second kappa shape index (κ2) is 5.13. The van der Waals surface area contributed by atoms with Gasteiger partial charge >= 0.3 is 0 Å². The van der Waals surface area contributed by atoms with Crippen LogP contribution in [-0.4, -0.2) is 15.6 Å². The Bertz CT molecular complexity index is 727. The highest BCUT2D eigenvalue weighted by Crippen LogP contribution is 2.20. The summed E-state index contributed by atoms with van der Waals surface area (Å²) in [6.07, 6.45) is 1.77. The average molecular weight is 262 g/mol. The number of hydrogen-bond donors (Lipinski definition) is 0. The Labute approximate surface area is 117 Å². The molecule has 0 radical (unpaired) electrons. The van der Waals surface area contributed by atoms with Gasteiger partial charge in [0.2, 0.25) is 5.78 Å². The molecule has 0 aliphatic heterocycles. The third kappa shape index (κ3) is 2.38. The van der Waals surface area contributed by atoms with Gasteiger partial charge in [0.15, 0.2) is 0 Å². The van der Waals surface area contributed by atoms with Crippen LogP contribution in [0.25, 0.3) is 11.1 Å². The number of aromatic nitrogens is 2. The van der Waals surface area contributed by atoms with E-state index >= 15 is 0 Å². The monoisotopic (exact) mass is 262 g/mol. The lowest BCUT2D eigenvalue weighted by Crippen LogP contribution is -2.03. The van der Waals surface area contributed by atoms with Crippen molar-refractivity contribution >= 4 is 5.78 Å². The largest absolute Gasteiger partial charge is 0.287 e. The van der Waals surface area contributed by atoms with Crippen molar-refractivity contribution in [1.82, 2.24) is 9.78 Å². The molecule has 1 heterocycles. The van der Waals surface area contributed by atoms with Crippen LogP contribution in [0, 0.1) is 0 Å². The Kier molecular flexibility index (Phi) is 3.17. The van der Waals surface area contributed by atoms with Gasteiger partial charge in [0.25, 0.3) is 0 Å². The molecule has 2 aromatic carbocycles. The van der Waals surface area contributed by atoms with Crippen LogP contribution in [0.1, 0.15) is 16.1 Å². The van der Waals surface area contributed by atoms with E-state index in [1.165, 1.54) is 0 Å². The summed E-state index contributed by atoms with van der Waals surface area (Å²) >= 11 is 0. The predicted octanol–water partition coefficient (Wildman–Crippen LogP) is 3.32. The van der Waals surface area contributed by atoms with Crippen LogP contribution in [-0.2, 0) is 7.05 Å². The topological polar surface area (TPSA) is 34.9 Å². The summed E-state index contributed by atoms with van der Waals surface area (Å²) in [6, 6.07) is 19.4. The summed E-state index contributed by atoms with van der Waals surface area (Å²) < 4.78 is 1.63. The van der Waals surface area contributed by atoms with Crippen LogP contribution in [0.3, 0.4) is 0 Å². The second-order valence-electron chi connectivity index (χ2n) is 4.65. The third-order valence-electron chi connectivity index (χ3n) is 3.20. The number of benzene rings is 2. The number of aryl methyl sites for hydroxylation is 1. The Morgan fingerprint density at radius 3 is 2.15 bits per heavy atom. The van der Waals surface area contributed by atoms with Crippen molar-refractivity contribution in [3.8, 4) is 11.1 Å². The Balaban J connectivity index is 1.88. The van der Waals surface area contributed by atoms with Crippen molar-refractivity contribution in [1.29, 1.82) is 0 Å². The average Bonchev–Trinajstić information content (AvgIpc) is 2.94. The van der Waals surface area contributed by atoms with Crippen LogP contribution < -0.4 is 0 Å². The van der Waals surface area contributed by atoms with Crippen molar-refractivity contribution in [2.75, 3.05) is 0 Å². The first-order chi connectivity index (χ1) is 9.74. The number of carbonyl (C=O) groups excluding carboxylic acids is 1. The molecule has 0 atom stereocenters. The van der Waals surface area contributed by atoms with E-state index < -0.39 is 0 Å². The first-order valence-electron chi connectivity index (χ1n) is 6.44. The minimum atomic E-state index is -0.0507. The normalized spacial score (nSPS) is 10.4. The van der Waals surface area contributed by atoms with Crippen LogP contribution >= 0.6 is 0 Å². The van der Waals surface area contributed by atoms with Gasteiger partial charge in [-0.3, -0.25) is 9.48 Å². The standard InChI is InChI=1S/C17H14N2O/c1-19-12-11-16(18-19)17(20)15-9-7-14(8-10-15)13-5-3-2-4-6-13/h2-12H,1H3. The molecule has 0 aliphatic rings. The molecule has 0 fully saturated rings. The number of carbonyl (C=O) groups is 1. The van der Waals surface area contributed by atoms with Crippen molar-refractivity contribution < 1.29 is 4.79 Å². The molecule has 0 saturated heterocycles. The van der Waals surface area contributed by atoms with Gasteiger partial charge in [-0.15, -0.1) is 0 Å². The molecule has 0 bridgehead atoms. The lowest BCUT2D eigenvalue weighted by molar-refractivity contribution is 0.103. The van der Waals surface area contributed by atoms with Gasteiger partial charge in [0.1, 0.15) is 5.69 Å². The Morgan fingerprint density at radius 2 is 1.55 bits per heavy atom. The summed E-state index contributed by atoms with van der Waals surface area (Å²) in [5.41, 5.74) is 3.37. The molecule has 0 N–H and O–H groups in total. The molecular weight excluding hydrogens is 248 g/mol. The molecule has 0 amide bonds. The molecule has 1 aromatic heterocycles. The van der Waals surface area contributed by atoms with E-state index in [2.05, 4.69) is 17.2 Å². The maximum Gasteiger partial charge on any atom is 0.213 e. The Hall–Kier alpha value is -2.68. The molecule has 0 spiro atoms. The molecular formula is C17H14N2O. The highest BCUT2D eigenvalue weighted by Gasteiger charge is 2.11. The minimum absolute atomic E-state index is 0.0507. The van der Waals surface area contributed by atoms with Crippen molar-refractivity contribution in [3.05, 3.63) is 78.1 Å². The summed E-state index contributed by atoms with van der Waals surface area (Å²) in [6.45, 7) is 0. The molecule has 0 saturated carbocycles. The van der Waals surface area contributed by atoms with E-state index in [4.69, 9.17) is 0 Å². The number of hydrogen-bond acceptors (Lipinski definition) is 2. The van der Waals surface area contributed by atoms with Gasteiger partial charge in [-0.1, -0.05) is 54.6 Å². The van der Waals surface area contributed by atoms with E-state index in [0.29, 0.717) is 11.3 Å². The molecule has 98 valence electrons. The van der Waals surface area contributed by atoms with Crippen LogP contribution in [0.4, 0.5) is 0 Å². The Morgan fingerprint density at radius 1 is 0.900 bits per heavy atom. The molecule has 0 aliphatic carbocycles. The van der Waals surface area contributed by atoms with Crippen LogP contribution in [0.2, 0.25) is 0 Å². The molecule has 3 heteroatoms. The lowest BCUT2D eigenvalue weighted by Gasteiger charge is -2.03. The first kappa shape index (κ1) is 12.4. The zero-order valence-electron chi connectivity index (χ0n) is 11.2. The zero-order valence-corrected chi connectivity index (χ0v) is 11.2. The zero-order chi connectivity index (χ0) is 13.9. The highest BCUT2D eigenvalue weighted by atomic mass is 16.1. The fraction of sp³-hybridized carbons (Fsp3) is 0.0588. The van der Waals surface area contributed by atoms with Gasteiger partial charge < -0.3 is 0 Å². The lowest BCUT2D eigenvalue weighted by atomic mass is 10.0. The van der Waals surface area contributed by atoms with Crippen LogP contribution in [0.15, 0.2) is 66.9 Å². The van der Waals surface area contributed by atoms with Gasteiger partial charge in [-0.2, -0.15) is 5.10 Å². The summed E-state index contributed by atoms with van der Waals surface area (Å²) in [7, 11) is 1.80. The van der Waals surface area contributed by atoms with E-state index in [1.54, 1.807) is 24.0 Å². The molecule has 0 unspecified atom stereocenters. The quantitative estimate of drug-likeness (QED) is 0.679. The fourth-order valence-corrected chi connectivity index (χ4v) is 2.13. The smallest absolute Gasteiger partial charge is 0.213 e.